The van der Waals surface area contributed by atoms with Crippen molar-refractivity contribution >= 4 is 17.3 Å². The summed E-state index contributed by atoms with van der Waals surface area (Å²) in [7, 11) is 0. The molecule has 0 unspecified atom stereocenters. The number of para-hydroxylation sites is 1. The molecule has 0 bridgehead atoms. The van der Waals surface area contributed by atoms with Crippen molar-refractivity contribution in [2.75, 3.05) is 11.9 Å². The highest BCUT2D eigenvalue weighted by atomic mass is 19.1. The minimum atomic E-state index is -0.284. The first-order chi connectivity index (χ1) is 12.2. The van der Waals surface area contributed by atoms with Crippen LogP contribution < -0.4 is 10.6 Å². The summed E-state index contributed by atoms with van der Waals surface area (Å²) in [5.74, 6) is -0.544. The predicted molar refractivity (Wildman–Crippen MR) is 96.4 cm³/mol. The number of halogens is 1. The number of aromatic nitrogens is 1. The monoisotopic (exact) mass is 335 g/mol. The second-order valence-corrected chi connectivity index (χ2v) is 5.52. The molecule has 0 aliphatic rings. The fourth-order valence-electron chi connectivity index (χ4n) is 2.42. The Morgan fingerprint density at radius 1 is 0.960 bits per heavy atom. The van der Waals surface area contributed by atoms with Crippen molar-refractivity contribution < 1.29 is 9.18 Å². The molecule has 4 nitrogen and oxygen atoms in total. The van der Waals surface area contributed by atoms with E-state index in [-0.39, 0.29) is 11.7 Å². The van der Waals surface area contributed by atoms with E-state index in [1.54, 1.807) is 36.5 Å². The summed E-state index contributed by atoms with van der Waals surface area (Å²) < 4.78 is 13.6. The Balaban J connectivity index is 1.59. The Morgan fingerprint density at radius 3 is 2.52 bits per heavy atom. The summed E-state index contributed by atoms with van der Waals surface area (Å²) in [6.07, 6.45) is 2.01. The SMILES string of the molecule is O=C(NCCc1ccccc1F)c1cc(Nc2ccccc2)ccn1. The molecule has 126 valence electrons. The van der Waals surface area contributed by atoms with Crippen molar-refractivity contribution in [1.29, 1.82) is 0 Å². The molecule has 0 aliphatic carbocycles. The maximum atomic E-state index is 13.6. The van der Waals surface area contributed by atoms with Gasteiger partial charge in [-0.2, -0.15) is 0 Å². The highest BCUT2D eigenvalue weighted by molar-refractivity contribution is 5.93. The molecular formula is C20H18FN3O. The van der Waals surface area contributed by atoms with Crippen LogP contribution in [0.5, 0.6) is 0 Å². The number of anilines is 2. The Morgan fingerprint density at radius 2 is 1.72 bits per heavy atom. The van der Waals surface area contributed by atoms with Crippen molar-refractivity contribution in [3.8, 4) is 0 Å². The highest BCUT2D eigenvalue weighted by Gasteiger charge is 2.08. The number of carbonyl (C=O) groups excluding carboxylic acids is 1. The summed E-state index contributed by atoms with van der Waals surface area (Å²) in [6.45, 7) is 0.345. The molecular weight excluding hydrogens is 317 g/mol. The second-order valence-electron chi connectivity index (χ2n) is 5.52. The van der Waals surface area contributed by atoms with Gasteiger partial charge in [0.2, 0.25) is 0 Å². The lowest BCUT2D eigenvalue weighted by atomic mass is 10.1. The van der Waals surface area contributed by atoms with Crippen molar-refractivity contribution in [3.05, 3.63) is 90.0 Å². The normalized spacial score (nSPS) is 10.3. The van der Waals surface area contributed by atoms with Crippen LogP contribution in [0.2, 0.25) is 0 Å². The fraction of sp³-hybridized carbons (Fsp3) is 0.100. The average Bonchev–Trinajstić information content (AvgIpc) is 2.64. The van der Waals surface area contributed by atoms with Crippen LogP contribution in [0.4, 0.5) is 15.8 Å². The molecule has 0 saturated carbocycles. The Hall–Kier alpha value is -3.21. The quantitative estimate of drug-likeness (QED) is 0.717. The van der Waals surface area contributed by atoms with Gasteiger partial charge in [0.05, 0.1) is 0 Å². The molecule has 3 rings (SSSR count). The van der Waals surface area contributed by atoms with Gasteiger partial charge in [-0.05, 0) is 42.3 Å². The number of benzene rings is 2. The maximum Gasteiger partial charge on any atom is 0.269 e. The van der Waals surface area contributed by atoms with Gasteiger partial charge in [-0.3, -0.25) is 9.78 Å². The lowest BCUT2D eigenvalue weighted by Gasteiger charge is -2.09. The third-order valence-corrected chi connectivity index (χ3v) is 3.69. The van der Waals surface area contributed by atoms with E-state index >= 15 is 0 Å². The number of carbonyl (C=O) groups is 1. The number of rotatable bonds is 6. The van der Waals surface area contributed by atoms with Crippen LogP contribution in [-0.4, -0.2) is 17.4 Å². The van der Waals surface area contributed by atoms with Crippen molar-refractivity contribution in [2.24, 2.45) is 0 Å². The third-order valence-electron chi connectivity index (χ3n) is 3.69. The molecule has 25 heavy (non-hydrogen) atoms. The Bertz CT molecular complexity index is 852. The van der Waals surface area contributed by atoms with Gasteiger partial charge in [0.1, 0.15) is 11.5 Å². The first-order valence-corrected chi connectivity index (χ1v) is 8.02. The Labute approximate surface area is 145 Å². The van der Waals surface area contributed by atoms with E-state index < -0.39 is 0 Å². The molecule has 1 aromatic heterocycles. The predicted octanol–water partition coefficient (Wildman–Crippen LogP) is 3.94. The van der Waals surface area contributed by atoms with Gasteiger partial charge in [0.15, 0.2) is 0 Å². The van der Waals surface area contributed by atoms with E-state index in [4.69, 9.17) is 0 Å². The van der Waals surface area contributed by atoms with E-state index in [0.29, 0.717) is 24.2 Å². The van der Waals surface area contributed by atoms with Crippen LogP contribution in [0, 0.1) is 5.82 Å². The van der Waals surface area contributed by atoms with Crippen LogP contribution in [0.15, 0.2) is 72.9 Å². The number of hydrogen-bond acceptors (Lipinski definition) is 3. The zero-order chi connectivity index (χ0) is 17.5. The molecule has 1 amide bonds. The largest absolute Gasteiger partial charge is 0.355 e. The molecule has 0 aliphatic heterocycles. The number of amides is 1. The van der Waals surface area contributed by atoms with Crippen LogP contribution in [-0.2, 0) is 6.42 Å². The number of hydrogen-bond donors (Lipinski definition) is 2. The summed E-state index contributed by atoms with van der Waals surface area (Å²) in [6, 6.07) is 19.7. The minimum absolute atomic E-state index is 0.260. The molecule has 2 aromatic carbocycles. The standard InChI is InChI=1S/C20H18FN3O/c21-18-9-5-4-6-15(18)10-12-23-20(25)19-14-17(11-13-22-19)24-16-7-2-1-3-8-16/h1-9,11,13-14H,10,12H2,(H,22,24)(H,23,25). The van der Waals surface area contributed by atoms with Crippen molar-refractivity contribution in [1.82, 2.24) is 10.3 Å². The van der Waals surface area contributed by atoms with Gasteiger partial charge >= 0.3 is 0 Å². The molecule has 2 N–H and O–H groups in total. The second kappa shape index (κ2) is 8.06. The van der Waals surface area contributed by atoms with Crippen LogP contribution in [0.25, 0.3) is 0 Å². The molecule has 0 fully saturated rings. The van der Waals surface area contributed by atoms with Crippen LogP contribution >= 0.6 is 0 Å². The zero-order valence-corrected chi connectivity index (χ0v) is 13.6. The van der Waals surface area contributed by atoms with Gasteiger partial charge in [-0.25, -0.2) is 4.39 Å². The molecule has 0 radical (unpaired) electrons. The third kappa shape index (κ3) is 4.64. The molecule has 5 heteroatoms. The maximum absolute atomic E-state index is 13.6. The van der Waals surface area contributed by atoms with Gasteiger partial charge in [-0.15, -0.1) is 0 Å². The van der Waals surface area contributed by atoms with Gasteiger partial charge in [0, 0.05) is 24.1 Å². The molecule has 1 heterocycles. The lowest BCUT2D eigenvalue weighted by molar-refractivity contribution is 0.0949. The van der Waals surface area contributed by atoms with E-state index in [1.807, 2.05) is 30.3 Å². The van der Waals surface area contributed by atoms with Gasteiger partial charge < -0.3 is 10.6 Å². The van der Waals surface area contributed by atoms with Crippen LogP contribution in [0.3, 0.4) is 0 Å². The summed E-state index contributed by atoms with van der Waals surface area (Å²) >= 11 is 0. The van der Waals surface area contributed by atoms with E-state index in [9.17, 15) is 9.18 Å². The fourth-order valence-corrected chi connectivity index (χ4v) is 2.42. The van der Waals surface area contributed by atoms with E-state index in [1.165, 1.54) is 6.07 Å². The summed E-state index contributed by atoms with van der Waals surface area (Å²) in [5.41, 5.74) is 2.60. The summed E-state index contributed by atoms with van der Waals surface area (Å²) in [4.78, 5) is 16.3. The van der Waals surface area contributed by atoms with Crippen molar-refractivity contribution in [2.45, 2.75) is 6.42 Å². The zero-order valence-electron chi connectivity index (χ0n) is 13.6. The van der Waals surface area contributed by atoms with Crippen molar-refractivity contribution in [3.63, 3.8) is 0 Å². The lowest BCUT2D eigenvalue weighted by Crippen LogP contribution is -2.26. The highest BCUT2D eigenvalue weighted by Crippen LogP contribution is 2.16. The Kier molecular flexibility index (Phi) is 5.36. The molecule has 3 aromatic rings. The molecule has 0 atom stereocenters. The van der Waals surface area contributed by atoms with Gasteiger partial charge in [-0.1, -0.05) is 36.4 Å². The first kappa shape index (κ1) is 16.6. The van der Waals surface area contributed by atoms with Gasteiger partial charge in [0.25, 0.3) is 5.91 Å². The first-order valence-electron chi connectivity index (χ1n) is 8.02. The molecule has 0 saturated heterocycles. The summed E-state index contributed by atoms with van der Waals surface area (Å²) in [5, 5.41) is 5.99. The molecule has 0 spiro atoms. The smallest absolute Gasteiger partial charge is 0.269 e. The van der Waals surface area contributed by atoms with E-state index in [2.05, 4.69) is 15.6 Å². The topological polar surface area (TPSA) is 54.0 Å². The number of nitrogens with one attached hydrogen (secondary N) is 2. The van der Waals surface area contributed by atoms with E-state index in [0.717, 1.165) is 11.4 Å². The number of nitrogens with zero attached hydrogens (tertiary/aromatic N) is 1. The average molecular weight is 335 g/mol. The number of pyridine rings is 1. The minimum Gasteiger partial charge on any atom is -0.355 e. The van der Waals surface area contributed by atoms with Crippen LogP contribution in [0.1, 0.15) is 16.1 Å².